The summed E-state index contributed by atoms with van der Waals surface area (Å²) in [6.45, 7) is 0.442. The first-order chi connectivity index (χ1) is 9.49. The highest BCUT2D eigenvalue weighted by atomic mass is 32.2. The third-order valence-corrected chi connectivity index (χ3v) is 3.57. The zero-order valence-electron chi connectivity index (χ0n) is 11.9. The van der Waals surface area contributed by atoms with Gasteiger partial charge in [-0.2, -0.15) is 0 Å². The summed E-state index contributed by atoms with van der Waals surface area (Å²) in [5, 5.41) is 2.73. The molecular weight excluding hydrogens is 280 g/mol. The van der Waals surface area contributed by atoms with Crippen molar-refractivity contribution < 1.29 is 18.5 Å². The van der Waals surface area contributed by atoms with Crippen LogP contribution in [0, 0.1) is 0 Å². The van der Waals surface area contributed by atoms with Gasteiger partial charge in [-0.1, -0.05) is 0 Å². The number of hydrogen-bond acceptors (Lipinski definition) is 5. The number of nitrogens with two attached hydrogens (primary N) is 1. The van der Waals surface area contributed by atoms with E-state index in [9.17, 15) is 9.00 Å². The van der Waals surface area contributed by atoms with Crippen molar-refractivity contribution in [3.8, 4) is 11.5 Å². The van der Waals surface area contributed by atoms with Gasteiger partial charge in [0.25, 0.3) is 5.91 Å². The average molecular weight is 300 g/mol. The highest BCUT2D eigenvalue weighted by Crippen LogP contribution is 2.30. The minimum atomic E-state index is -0.855. The molecule has 0 fully saturated rings. The fourth-order valence-electron chi connectivity index (χ4n) is 1.65. The Morgan fingerprint density at radius 3 is 2.60 bits per heavy atom. The van der Waals surface area contributed by atoms with Crippen LogP contribution in [0.2, 0.25) is 0 Å². The molecule has 0 aromatic heterocycles. The monoisotopic (exact) mass is 300 g/mol. The molecule has 20 heavy (non-hydrogen) atoms. The number of anilines is 1. The van der Waals surface area contributed by atoms with Gasteiger partial charge >= 0.3 is 0 Å². The molecule has 1 amide bonds. The standard InChI is InChI=1S/C13H20N2O4S/c1-18-9-7-10(12(14)11(8-9)19-2)13(16)15-5-4-6-20(3)17/h7-8H,4-6,14H2,1-3H3,(H,15,16). The average Bonchev–Trinajstić information content (AvgIpc) is 2.43. The molecule has 112 valence electrons. The molecule has 1 aromatic carbocycles. The molecule has 1 atom stereocenters. The van der Waals surface area contributed by atoms with Gasteiger partial charge in [-0.15, -0.1) is 0 Å². The zero-order chi connectivity index (χ0) is 15.1. The summed E-state index contributed by atoms with van der Waals surface area (Å²) in [6.07, 6.45) is 2.28. The molecule has 1 rings (SSSR count). The summed E-state index contributed by atoms with van der Waals surface area (Å²) >= 11 is 0. The number of benzene rings is 1. The summed E-state index contributed by atoms with van der Waals surface area (Å²) in [5.41, 5.74) is 6.45. The van der Waals surface area contributed by atoms with Crippen molar-refractivity contribution in [1.29, 1.82) is 0 Å². The van der Waals surface area contributed by atoms with Gasteiger partial charge in [0.1, 0.15) is 11.5 Å². The second kappa shape index (κ2) is 7.74. The Kier molecular flexibility index (Phi) is 6.30. The lowest BCUT2D eigenvalue weighted by molar-refractivity contribution is 0.0954. The van der Waals surface area contributed by atoms with Gasteiger partial charge in [-0.25, -0.2) is 0 Å². The fraction of sp³-hybridized carbons (Fsp3) is 0.462. The summed E-state index contributed by atoms with van der Waals surface area (Å²) in [6, 6.07) is 3.18. The van der Waals surface area contributed by atoms with E-state index in [2.05, 4.69) is 5.32 Å². The molecule has 0 radical (unpaired) electrons. The van der Waals surface area contributed by atoms with E-state index in [4.69, 9.17) is 15.2 Å². The van der Waals surface area contributed by atoms with Gasteiger partial charge in [-0.3, -0.25) is 9.00 Å². The number of ether oxygens (including phenoxy) is 2. The number of methoxy groups -OCH3 is 2. The zero-order valence-corrected chi connectivity index (χ0v) is 12.7. The number of carbonyl (C=O) groups is 1. The predicted molar refractivity (Wildman–Crippen MR) is 79.8 cm³/mol. The van der Waals surface area contributed by atoms with Crippen LogP contribution in [0.1, 0.15) is 16.8 Å². The lowest BCUT2D eigenvalue weighted by Gasteiger charge is -2.12. The second-order valence-corrected chi connectivity index (χ2v) is 5.73. The van der Waals surface area contributed by atoms with E-state index in [-0.39, 0.29) is 11.6 Å². The van der Waals surface area contributed by atoms with E-state index < -0.39 is 10.8 Å². The Bertz CT molecular complexity index is 505. The molecule has 0 aliphatic heterocycles. The van der Waals surface area contributed by atoms with Crippen LogP contribution in [0.25, 0.3) is 0 Å². The second-order valence-electron chi connectivity index (χ2n) is 4.18. The van der Waals surface area contributed by atoms with E-state index in [1.165, 1.54) is 14.2 Å². The van der Waals surface area contributed by atoms with Crippen molar-refractivity contribution in [3.63, 3.8) is 0 Å². The molecule has 0 saturated heterocycles. The molecule has 0 heterocycles. The first kappa shape index (κ1) is 16.3. The molecule has 7 heteroatoms. The number of carbonyl (C=O) groups excluding carboxylic acids is 1. The van der Waals surface area contributed by atoms with Crippen LogP contribution < -0.4 is 20.5 Å². The number of hydrogen-bond donors (Lipinski definition) is 2. The third kappa shape index (κ3) is 4.41. The normalized spacial score (nSPS) is 11.8. The van der Waals surface area contributed by atoms with Gasteiger partial charge in [0.15, 0.2) is 0 Å². The van der Waals surface area contributed by atoms with Gasteiger partial charge in [0.2, 0.25) is 0 Å². The van der Waals surface area contributed by atoms with E-state index in [1.807, 2.05) is 0 Å². The Balaban J connectivity index is 2.78. The van der Waals surface area contributed by atoms with Gasteiger partial charge in [-0.05, 0) is 12.5 Å². The SMILES string of the molecule is COc1cc(OC)c(N)c(C(=O)NCCCS(C)=O)c1. The maximum atomic E-state index is 12.1. The smallest absolute Gasteiger partial charge is 0.253 e. The van der Waals surface area contributed by atoms with Crippen LogP contribution in [0.4, 0.5) is 5.69 Å². The Hall–Kier alpha value is -1.76. The molecule has 0 saturated carbocycles. The summed E-state index contributed by atoms with van der Waals surface area (Å²) in [7, 11) is 2.12. The van der Waals surface area contributed by atoms with Crippen molar-refractivity contribution in [2.24, 2.45) is 0 Å². The highest BCUT2D eigenvalue weighted by molar-refractivity contribution is 7.84. The number of nitrogen functional groups attached to an aromatic ring is 1. The van der Waals surface area contributed by atoms with Crippen LogP contribution in [-0.2, 0) is 10.8 Å². The fourth-order valence-corrected chi connectivity index (χ4v) is 2.20. The molecule has 1 aromatic rings. The maximum Gasteiger partial charge on any atom is 0.253 e. The molecule has 0 aliphatic rings. The van der Waals surface area contributed by atoms with Gasteiger partial charge in [0, 0.05) is 35.4 Å². The number of rotatable bonds is 7. The van der Waals surface area contributed by atoms with Crippen molar-refractivity contribution in [2.45, 2.75) is 6.42 Å². The van der Waals surface area contributed by atoms with Crippen molar-refractivity contribution in [3.05, 3.63) is 17.7 Å². The van der Waals surface area contributed by atoms with Gasteiger partial charge in [0.05, 0.1) is 25.5 Å². The van der Waals surface area contributed by atoms with Crippen LogP contribution in [0.3, 0.4) is 0 Å². The maximum absolute atomic E-state index is 12.1. The Labute approximate surface area is 121 Å². The molecule has 3 N–H and O–H groups in total. The van der Waals surface area contributed by atoms with E-state index >= 15 is 0 Å². The molecule has 0 spiro atoms. The Morgan fingerprint density at radius 1 is 1.35 bits per heavy atom. The topological polar surface area (TPSA) is 90.7 Å². The molecule has 0 aliphatic carbocycles. The van der Waals surface area contributed by atoms with Gasteiger partial charge < -0.3 is 20.5 Å². The summed E-state index contributed by atoms with van der Waals surface area (Å²) in [4.78, 5) is 12.1. The first-order valence-corrected chi connectivity index (χ1v) is 7.82. The van der Waals surface area contributed by atoms with E-state index in [1.54, 1.807) is 18.4 Å². The van der Waals surface area contributed by atoms with Crippen LogP contribution in [0.15, 0.2) is 12.1 Å². The molecule has 6 nitrogen and oxygen atoms in total. The van der Waals surface area contributed by atoms with Crippen molar-refractivity contribution in [2.75, 3.05) is 38.5 Å². The van der Waals surface area contributed by atoms with Crippen molar-refractivity contribution >= 4 is 22.4 Å². The lowest BCUT2D eigenvalue weighted by atomic mass is 10.1. The minimum Gasteiger partial charge on any atom is -0.497 e. The highest BCUT2D eigenvalue weighted by Gasteiger charge is 2.15. The van der Waals surface area contributed by atoms with Crippen molar-refractivity contribution in [1.82, 2.24) is 5.32 Å². The summed E-state index contributed by atoms with van der Waals surface area (Å²) < 4.78 is 21.1. The number of nitrogens with one attached hydrogen (secondary N) is 1. The van der Waals surface area contributed by atoms with Crippen LogP contribution in [0.5, 0.6) is 11.5 Å². The number of amides is 1. The quantitative estimate of drug-likeness (QED) is 0.574. The van der Waals surface area contributed by atoms with E-state index in [0.29, 0.717) is 35.8 Å². The molecule has 1 unspecified atom stereocenters. The largest absolute Gasteiger partial charge is 0.497 e. The Morgan fingerprint density at radius 2 is 2.05 bits per heavy atom. The summed E-state index contributed by atoms with van der Waals surface area (Å²) in [5.74, 6) is 1.14. The predicted octanol–water partition coefficient (Wildman–Crippen LogP) is 0.784. The van der Waals surface area contributed by atoms with E-state index in [0.717, 1.165) is 0 Å². The molecular formula is C13H20N2O4S. The lowest BCUT2D eigenvalue weighted by Crippen LogP contribution is -2.26. The minimum absolute atomic E-state index is 0.268. The molecule has 0 bridgehead atoms. The van der Waals surface area contributed by atoms with Crippen LogP contribution >= 0.6 is 0 Å². The third-order valence-electron chi connectivity index (χ3n) is 2.71. The van der Waals surface area contributed by atoms with Crippen LogP contribution in [-0.4, -0.2) is 42.9 Å². The first-order valence-electron chi connectivity index (χ1n) is 6.09.